The third-order valence-corrected chi connectivity index (χ3v) is 5.70. The van der Waals surface area contributed by atoms with Gasteiger partial charge in [-0.2, -0.15) is 0 Å². The monoisotopic (exact) mass is 443 g/mol. The number of nitrogens with zero attached hydrogens (tertiary/aromatic N) is 1. The van der Waals surface area contributed by atoms with Crippen LogP contribution >= 0.6 is 0 Å². The maximum Gasteiger partial charge on any atom is 0.335 e. The Kier molecular flexibility index (Phi) is 7.09. The van der Waals surface area contributed by atoms with Crippen molar-refractivity contribution in [3.05, 3.63) is 94.6 Å². The Hall–Kier alpha value is -3.37. The summed E-state index contributed by atoms with van der Waals surface area (Å²) in [7, 11) is 4.05. The van der Waals surface area contributed by atoms with Gasteiger partial charge in [-0.1, -0.05) is 74.9 Å². The van der Waals surface area contributed by atoms with E-state index >= 15 is 0 Å². The molecule has 0 aliphatic heterocycles. The largest absolute Gasteiger partial charge is 0.478 e. The first-order valence-corrected chi connectivity index (χ1v) is 11.1. The standard InChI is InChI=1S/C29H33NO3/c1-19-7-12-21(13-8-19)24-17-23(18-25(30(5)6)27(24)29(2,3)4)26(31)16-11-20-9-14-22(15-10-20)28(32)33/h7-18,26,31H,1-6H3,(H,32,33). The van der Waals surface area contributed by atoms with Crippen molar-refractivity contribution >= 4 is 17.7 Å². The van der Waals surface area contributed by atoms with Crippen LogP contribution in [0.1, 0.15) is 59.5 Å². The van der Waals surface area contributed by atoms with Gasteiger partial charge in [0, 0.05) is 19.8 Å². The van der Waals surface area contributed by atoms with E-state index < -0.39 is 12.1 Å². The number of hydrogen-bond acceptors (Lipinski definition) is 3. The smallest absolute Gasteiger partial charge is 0.335 e. The van der Waals surface area contributed by atoms with E-state index in [0.29, 0.717) is 0 Å². The normalized spacial score (nSPS) is 12.7. The molecule has 0 spiro atoms. The molecule has 4 heteroatoms. The molecule has 0 aliphatic rings. The molecular weight excluding hydrogens is 410 g/mol. The Morgan fingerprint density at radius 2 is 1.58 bits per heavy atom. The molecule has 3 rings (SSSR count). The molecule has 0 fully saturated rings. The van der Waals surface area contributed by atoms with Crippen molar-refractivity contribution in [2.45, 2.75) is 39.2 Å². The average Bonchev–Trinajstić information content (AvgIpc) is 2.76. The first-order chi connectivity index (χ1) is 15.5. The molecule has 0 bridgehead atoms. The summed E-state index contributed by atoms with van der Waals surface area (Å²) >= 11 is 0. The van der Waals surface area contributed by atoms with Crippen molar-refractivity contribution < 1.29 is 15.0 Å². The fraction of sp³-hybridized carbons (Fsp3) is 0.276. The maximum atomic E-state index is 11.1. The van der Waals surface area contributed by atoms with Crippen LogP contribution in [0.5, 0.6) is 0 Å². The summed E-state index contributed by atoms with van der Waals surface area (Å²) in [5.41, 5.74) is 7.54. The second kappa shape index (κ2) is 9.63. The molecule has 2 N–H and O–H groups in total. The van der Waals surface area contributed by atoms with Gasteiger partial charge in [-0.25, -0.2) is 4.79 Å². The summed E-state index contributed by atoms with van der Waals surface area (Å²) in [6.07, 6.45) is 2.75. The van der Waals surface area contributed by atoms with Crippen LogP contribution in [-0.4, -0.2) is 30.3 Å². The van der Waals surface area contributed by atoms with Crippen LogP contribution in [0.4, 0.5) is 5.69 Å². The predicted octanol–water partition coefficient (Wildman–Crippen LogP) is 6.47. The van der Waals surface area contributed by atoms with Gasteiger partial charge in [-0.15, -0.1) is 0 Å². The average molecular weight is 444 g/mol. The number of aromatic carboxylic acids is 1. The number of carboxylic acids is 1. The lowest BCUT2D eigenvalue weighted by Crippen LogP contribution is -2.21. The predicted molar refractivity (Wildman–Crippen MR) is 137 cm³/mol. The number of rotatable bonds is 6. The zero-order valence-electron chi connectivity index (χ0n) is 20.3. The summed E-state index contributed by atoms with van der Waals surface area (Å²) in [5, 5.41) is 20.1. The van der Waals surface area contributed by atoms with E-state index in [2.05, 4.69) is 69.0 Å². The minimum Gasteiger partial charge on any atom is -0.478 e. The van der Waals surface area contributed by atoms with Crippen molar-refractivity contribution in [2.24, 2.45) is 0 Å². The van der Waals surface area contributed by atoms with Crippen LogP contribution < -0.4 is 4.90 Å². The number of aliphatic hydroxyl groups excluding tert-OH is 1. The minimum absolute atomic E-state index is 0.0922. The third-order valence-electron chi connectivity index (χ3n) is 5.70. The second-order valence-corrected chi connectivity index (χ2v) is 9.70. The number of carbonyl (C=O) groups is 1. The molecule has 0 aliphatic carbocycles. The number of benzene rings is 3. The Balaban J connectivity index is 2.07. The molecule has 3 aromatic rings. The lowest BCUT2D eigenvalue weighted by atomic mass is 9.79. The zero-order chi connectivity index (χ0) is 24.3. The highest BCUT2D eigenvalue weighted by Gasteiger charge is 2.25. The molecule has 0 saturated heterocycles. The number of anilines is 1. The van der Waals surface area contributed by atoms with Crippen molar-refractivity contribution in [1.29, 1.82) is 0 Å². The zero-order valence-corrected chi connectivity index (χ0v) is 20.3. The van der Waals surface area contributed by atoms with Gasteiger partial charge in [0.15, 0.2) is 0 Å². The van der Waals surface area contributed by atoms with E-state index in [4.69, 9.17) is 5.11 Å². The van der Waals surface area contributed by atoms with Crippen molar-refractivity contribution in [1.82, 2.24) is 0 Å². The number of aliphatic hydroxyl groups is 1. The van der Waals surface area contributed by atoms with E-state index in [-0.39, 0.29) is 11.0 Å². The Bertz CT molecular complexity index is 1150. The quantitative estimate of drug-likeness (QED) is 0.458. The molecule has 172 valence electrons. The van der Waals surface area contributed by atoms with Crippen LogP contribution in [0.15, 0.2) is 66.7 Å². The highest BCUT2D eigenvalue weighted by molar-refractivity contribution is 5.87. The highest BCUT2D eigenvalue weighted by atomic mass is 16.4. The Labute approximate surface area is 196 Å². The summed E-state index contributed by atoms with van der Waals surface area (Å²) < 4.78 is 0. The number of carboxylic acid groups (broad SMARTS) is 1. The lowest BCUT2D eigenvalue weighted by molar-refractivity contribution is 0.0697. The van der Waals surface area contributed by atoms with E-state index in [1.165, 1.54) is 11.1 Å². The third kappa shape index (κ3) is 5.71. The molecule has 0 aromatic heterocycles. The minimum atomic E-state index is -0.954. The fourth-order valence-electron chi connectivity index (χ4n) is 3.97. The van der Waals surface area contributed by atoms with Gasteiger partial charge in [0.2, 0.25) is 0 Å². The van der Waals surface area contributed by atoms with Crippen molar-refractivity contribution in [2.75, 3.05) is 19.0 Å². The van der Waals surface area contributed by atoms with Crippen LogP contribution in [0.25, 0.3) is 17.2 Å². The molecule has 3 aromatic carbocycles. The molecule has 1 unspecified atom stereocenters. The van der Waals surface area contributed by atoms with Gasteiger partial charge in [0.1, 0.15) is 0 Å². The molecule has 0 radical (unpaired) electrons. The molecular formula is C29H33NO3. The maximum absolute atomic E-state index is 11.1. The van der Waals surface area contributed by atoms with Crippen LogP contribution in [0.2, 0.25) is 0 Å². The Morgan fingerprint density at radius 3 is 2.09 bits per heavy atom. The van der Waals surface area contributed by atoms with E-state index in [1.54, 1.807) is 30.3 Å². The van der Waals surface area contributed by atoms with Gasteiger partial charge in [0.05, 0.1) is 11.7 Å². The summed E-state index contributed by atoms with van der Waals surface area (Å²) in [5.74, 6) is -0.954. The van der Waals surface area contributed by atoms with Crippen molar-refractivity contribution in [3.8, 4) is 11.1 Å². The first-order valence-electron chi connectivity index (χ1n) is 11.1. The number of aryl methyl sites for hydroxylation is 1. The van der Waals surface area contributed by atoms with Gasteiger partial charge >= 0.3 is 5.97 Å². The molecule has 0 heterocycles. The Morgan fingerprint density at radius 1 is 0.970 bits per heavy atom. The first kappa shape index (κ1) is 24.3. The molecule has 1 atom stereocenters. The topological polar surface area (TPSA) is 60.8 Å². The summed E-state index contributed by atoms with van der Waals surface area (Å²) in [4.78, 5) is 13.2. The molecule has 4 nitrogen and oxygen atoms in total. The van der Waals surface area contributed by atoms with Crippen molar-refractivity contribution in [3.63, 3.8) is 0 Å². The van der Waals surface area contributed by atoms with E-state index in [0.717, 1.165) is 27.9 Å². The molecule has 33 heavy (non-hydrogen) atoms. The van der Waals surface area contributed by atoms with Crippen LogP contribution in [0.3, 0.4) is 0 Å². The summed E-state index contributed by atoms with van der Waals surface area (Å²) in [6.45, 7) is 8.71. The highest BCUT2D eigenvalue weighted by Crippen LogP contribution is 2.41. The van der Waals surface area contributed by atoms with E-state index in [9.17, 15) is 9.90 Å². The SMILES string of the molecule is Cc1ccc(-c2cc(C(O)C=Cc3ccc(C(=O)O)cc3)cc(N(C)C)c2C(C)(C)C)cc1. The van der Waals surface area contributed by atoms with E-state index in [1.807, 2.05) is 20.2 Å². The second-order valence-electron chi connectivity index (χ2n) is 9.70. The lowest BCUT2D eigenvalue weighted by Gasteiger charge is -2.31. The van der Waals surface area contributed by atoms with Gasteiger partial charge in [0.25, 0.3) is 0 Å². The van der Waals surface area contributed by atoms with Gasteiger partial charge in [-0.3, -0.25) is 0 Å². The van der Waals surface area contributed by atoms with Gasteiger partial charge in [-0.05, 0) is 64.4 Å². The summed E-state index contributed by atoms with van der Waals surface area (Å²) in [6, 6.07) is 19.2. The molecule has 0 saturated carbocycles. The number of hydrogen-bond donors (Lipinski definition) is 2. The van der Waals surface area contributed by atoms with Crippen LogP contribution in [0, 0.1) is 6.92 Å². The fourth-order valence-corrected chi connectivity index (χ4v) is 3.97. The van der Waals surface area contributed by atoms with Crippen LogP contribution in [-0.2, 0) is 5.41 Å². The van der Waals surface area contributed by atoms with Gasteiger partial charge < -0.3 is 15.1 Å². The molecule has 0 amide bonds.